The Kier molecular flexibility index (Phi) is 5.28. The molecule has 8 heteroatoms. The molecule has 0 amide bonds. The SMILES string of the molecule is O=c1c2ccccc2n2c3ccccc3c(=O)c3c4c5c(c1c32)Oc1cc2c3cccc6c7ccccc7n(c2cc1B5c1cc2c(cc1O4)c1cccc4c5ccccc5n2c41)c63. The molecule has 0 saturated carbocycles. The van der Waals surface area contributed by atoms with E-state index in [4.69, 9.17) is 9.47 Å². The number of benzene rings is 9. The maximum atomic E-state index is 15.3. The first-order valence-electron chi connectivity index (χ1n) is 21.7. The lowest BCUT2D eigenvalue weighted by atomic mass is 9.34. The Labute approximate surface area is 359 Å². The lowest BCUT2D eigenvalue weighted by Gasteiger charge is -2.34. The lowest BCUT2D eigenvalue weighted by molar-refractivity contribution is 0.472. The van der Waals surface area contributed by atoms with Crippen LogP contribution in [0.5, 0.6) is 23.0 Å². The van der Waals surface area contributed by atoms with Crippen molar-refractivity contribution in [3.8, 4) is 23.0 Å². The van der Waals surface area contributed by atoms with Gasteiger partial charge in [0, 0.05) is 59.3 Å². The summed E-state index contributed by atoms with van der Waals surface area (Å²) in [6, 6.07) is 54.5. The number of ether oxygens (including phenoxy) is 2. The third-order valence-corrected chi connectivity index (χ3v) is 14.9. The largest absolute Gasteiger partial charge is 0.457 e. The summed E-state index contributed by atoms with van der Waals surface area (Å²) < 4.78 is 21.4. The molecule has 9 aromatic carbocycles. The Morgan fingerprint density at radius 1 is 0.344 bits per heavy atom. The van der Waals surface area contributed by atoms with Crippen LogP contribution in [-0.4, -0.2) is 19.9 Å². The molecule has 0 aliphatic carbocycles. The van der Waals surface area contributed by atoms with E-state index in [0.29, 0.717) is 55.5 Å². The highest BCUT2D eigenvalue weighted by Crippen LogP contribution is 2.47. The minimum Gasteiger partial charge on any atom is -0.457 e. The maximum Gasteiger partial charge on any atom is 0.260 e. The fourth-order valence-electron chi connectivity index (χ4n) is 12.5. The minimum absolute atomic E-state index is 0.181. The van der Waals surface area contributed by atoms with Crippen LogP contribution in [0.1, 0.15) is 0 Å². The van der Waals surface area contributed by atoms with Gasteiger partial charge in [0.15, 0.2) is 0 Å². The molecule has 15 aromatic rings. The molecule has 6 aromatic heterocycles. The third-order valence-electron chi connectivity index (χ3n) is 14.9. The molecule has 0 radical (unpaired) electrons. The molecule has 2 aliphatic rings. The molecule has 64 heavy (non-hydrogen) atoms. The smallest absolute Gasteiger partial charge is 0.260 e. The van der Waals surface area contributed by atoms with Crippen molar-refractivity contribution < 1.29 is 9.47 Å². The van der Waals surface area contributed by atoms with E-state index in [-0.39, 0.29) is 10.9 Å². The topological polar surface area (TPSA) is 65.8 Å². The van der Waals surface area contributed by atoms with E-state index >= 15 is 9.59 Å². The molecular weight excluding hydrogens is 789 g/mol. The maximum absolute atomic E-state index is 15.3. The van der Waals surface area contributed by atoms with Gasteiger partial charge in [-0.15, -0.1) is 0 Å². The van der Waals surface area contributed by atoms with Gasteiger partial charge in [-0.2, -0.15) is 0 Å². The van der Waals surface area contributed by atoms with Crippen molar-refractivity contribution in [2.24, 2.45) is 0 Å². The van der Waals surface area contributed by atoms with Crippen LogP contribution in [0.3, 0.4) is 0 Å². The Bertz CT molecular complexity index is 4550. The summed E-state index contributed by atoms with van der Waals surface area (Å²) in [7, 11) is 0. The van der Waals surface area contributed by atoms with Crippen molar-refractivity contribution in [2.75, 3.05) is 0 Å². The molecule has 292 valence electrons. The lowest BCUT2D eigenvalue weighted by Crippen LogP contribution is -2.57. The second-order valence-corrected chi connectivity index (χ2v) is 17.8. The molecule has 17 rings (SSSR count). The summed E-state index contributed by atoms with van der Waals surface area (Å²) in [5.41, 5.74) is 10.9. The van der Waals surface area contributed by atoms with E-state index in [1.165, 1.54) is 32.6 Å². The minimum atomic E-state index is -0.458. The van der Waals surface area contributed by atoms with Crippen LogP contribution in [0.15, 0.2) is 167 Å². The van der Waals surface area contributed by atoms with Gasteiger partial charge in [-0.05, 0) is 71.6 Å². The number of fused-ring (bicyclic) bond motifs is 22. The van der Waals surface area contributed by atoms with Gasteiger partial charge in [-0.3, -0.25) is 9.59 Å². The molecule has 0 atom stereocenters. The van der Waals surface area contributed by atoms with Crippen LogP contribution in [0.25, 0.3) is 114 Å². The van der Waals surface area contributed by atoms with E-state index < -0.39 is 6.71 Å². The molecule has 0 saturated heterocycles. The summed E-state index contributed by atoms with van der Waals surface area (Å²) in [5, 5.41) is 11.1. The normalized spacial score (nSPS) is 13.7. The summed E-state index contributed by atoms with van der Waals surface area (Å²) in [4.78, 5) is 30.6. The molecule has 2 aliphatic heterocycles. The number of para-hydroxylation sites is 6. The summed E-state index contributed by atoms with van der Waals surface area (Å²) >= 11 is 0. The molecule has 8 heterocycles. The molecule has 7 nitrogen and oxygen atoms in total. The first-order chi connectivity index (χ1) is 31.6. The number of rotatable bonds is 0. The molecule has 0 spiro atoms. The first kappa shape index (κ1) is 32.1. The second kappa shape index (κ2) is 10.5. The van der Waals surface area contributed by atoms with E-state index in [1.54, 1.807) is 0 Å². The average molecular weight is 816 g/mol. The predicted octanol–water partition coefficient (Wildman–Crippen LogP) is 10.6. The third kappa shape index (κ3) is 3.41. The zero-order valence-electron chi connectivity index (χ0n) is 33.6. The van der Waals surface area contributed by atoms with Crippen molar-refractivity contribution in [3.63, 3.8) is 0 Å². The summed E-state index contributed by atoms with van der Waals surface area (Å²) in [6.45, 7) is -0.458. The second-order valence-electron chi connectivity index (χ2n) is 17.8. The number of aromatic nitrogens is 3. The highest BCUT2D eigenvalue weighted by atomic mass is 16.5. The predicted molar refractivity (Wildman–Crippen MR) is 261 cm³/mol. The van der Waals surface area contributed by atoms with Gasteiger partial charge in [0.25, 0.3) is 6.71 Å². The van der Waals surface area contributed by atoms with Crippen molar-refractivity contribution in [2.45, 2.75) is 0 Å². The Morgan fingerprint density at radius 3 is 1.16 bits per heavy atom. The van der Waals surface area contributed by atoms with Gasteiger partial charge in [0.05, 0.1) is 60.4 Å². The van der Waals surface area contributed by atoms with E-state index in [2.05, 4.69) is 122 Å². The Hall–Kier alpha value is -8.62. The average Bonchev–Trinajstić information content (AvgIpc) is 4.06. The van der Waals surface area contributed by atoms with Gasteiger partial charge in [0.2, 0.25) is 10.9 Å². The van der Waals surface area contributed by atoms with Gasteiger partial charge >= 0.3 is 0 Å². The van der Waals surface area contributed by atoms with E-state index in [9.17, 15) is 0 Å². The number of nitrogens with zero attached hydrogens (tertiary/aromatic N) is 3. The van der Waals surface area contributed by atoms with Crippen LogP contribution in [0, 0.1) is 0 Å². The molecular formula is C56H26BN3O4. The molecule has 0 fully saturated rings. The van der Waals surface area contributed by atoms with Crippen molar-refractivity contribution in [1.82, 2.24) is 13.2 Å². The van der Waals surface area contributed by atoms with Crippen LogP contribution >= 0.6 is 0 Å². The standard InChI is InChI=1S/C56H26BN3O4/c61-53-33-13-3-7-21-41(33)58-42-22-8-4-14-34(42)54(62)48-52(58)47(53)55-49-56(48)64-46-24-36-32-18-10-16-30-28-12-2-6-20-40(28)60(51(30)32)44(36)26-38(46)57(49)37-25-43-35(23-45(37)63-55)31-17-9-15-29-27-11-1-5-19-39(27)59(43)50(29)31/h1-26H. The summed E-state index contributed by atoms with van der Waals surface area (Å²) in [6.07, 6.45) is 0. The molecule has 0 unspecified atom stereocenters. The number of hydrogen-bond donors (Lipinski definition) is 0. The zero-order valence-corrected chi connectivity index (χ0v) is 33.6. The Morgan fingerprint density at radius 2 is 0.703 bits per heavy atom. The van der Waals surface area contributed by atoms with Crippen molar-refractivity contribution in [3.05, 3.63) is 178 Å². The fourth-order valence-corrected chi connectivity index (χ4v) is 12.5. The summed E-state index contributed by atoms with van der Waals surface area (Å²) in [5.74, 6) is 2.23. The van der Waals surface area contributed by atoms with E-state index in [1.807, 2.05) is 48.5 Å². The molecule has 0 N–H and O–H groups in total. The number of hydrogen-bond acceptors (Lipinski definition) is 4. The van der Waals surface area contributed by atoms with Crippen LogP contribution in [-0.2, 0) is 0 Å². The highest BCUT2D eigenvalue weighted by Gasteiger charge is 2.45. The number of pyridine rings is 2. The van der Waals surface area contributed by atoms with Gasteiger partial charge in [0.1, 0.15) is 23.0 Å². The Balaban J connectivity index is 1.10. The van der Waals surface area contributed by atoms with Crippen molar-refractivity contribution >= 4 is 137 Å². The van der Waals surface area contributed by atoms with E-state index in [0.717, 1.165) is 65.6 Å². The van der Waals surface area contributed by atoms with Crippen molar-refractivity contribution in [1.29, 1.82) is 0 Å². The fraction of sp³-hybridized carbons (Fsp3) is 0. The van der Waals surface area contributed by atoms with Crippen LogP contribution < -0.4 is 36.7 Å². The van der Waals surface area contributed by atoms with Gasteiger partial charge in [-0.1, -0.05) is 97.1 Å². The monoisotopic (exact) mass is 815 g/mol. The quantitative estimate of drug-likeness (QED) is 0.0869. The van der Waals surface area contributed by atoms with Gasteiger partial charge < -0.3 is 22.7 Å². The first-order valence-corrected chi connectivity index (χ1v) is 21.7. The molecule has 0 bridgehead atoms. The highest BCUT2D eigenvalue weighted by molar-refractivity contribution is 6.99. The zero-order chi connectivity index (χ0) is 41.4. The van der Waals surface area contributed by atoms with Crippen LogP contribution in [0.2, 0.25) is 0 Å². The van der Waals surface area contributed by atoms with Gasteiger partial charge in [-0.25, -0.2) is 0 Å². The van der Waals surface area contributed by atoms with Crippen LogP contribution in [0.4, 0.5) is 0 Å².